The summed E-state index contributed by atoms with van der Waals surface area (Å²) >= 11 is 0. The second-order valence-electron chi connectivity index (χ2n) is 3.82. The average Bonchev–Trinajstić information content (AvgIpc) is 2.25. The number of hydrogen-bond donors (Lipinski definition) is 1. The van der Waals surface area contributed by atoms with Crippen LogP contribution in [0.4, 0.5) is 26.3 Å². The van der Waals surface area contributed by atoms with Gasteiger partial charge in [-0.2, -0.15) is 26.3 Å². The molecule has 8 heteroatoms. The van der Waals surface area contributed by atoms with Crippen LogP contribution in [-0.4, -0.2) is 23.4 Å². The minimum atomic E-state index is -5.64. The molecule has 2 nitrogen and oxygen atoms in total. The van der Waals surface area contributed by atoms with Crippen LogP contribution >= 0.6 is 0 Å². The Bertz CT molecular complexity index is 487. The third kappa shape index (κ3) is 4.01. The number of carboxylic acid groups (broad SMARTS) is 1. The lowest BCUT2D eigenvalue weighted by Gasteiger charge is -2.25. The van der Waals surface area contributed by atoms with E-state index >= 15 is 0 Å². The fourth-order valence-electron chi connectivity index (χ4n) is 1.64. The average molecular weight is 298 g/mol. The minimum Gasteiger partial charge on any atom is -0.478 e. The predicted octanol–water partition coefficient (Wildman–Crippen LogP) is 3.90. The Morgan fingerprint density at radius 2 is 1.45 bits per heavy atom. The zero-order chi connectivity index (χ0) is 15.6. The van der Waals surface area contributed by atoms with Gasteiger partial charge in [0, 0.05) is 6.08 Å². The highest BCUT2D eigenvalue weighted by atomic mass is 19.4. The molecule has 1 N–H and O–H groups in total. The van der Waals surface area contributed by atoms with Gasteiger partial charge in [0.05, 0.1) is 0 Å². The summed E-state index contributed by atoms with van der Waals surface area (Å²) in [6.45, 7) is 0. The molecule has 0 aliphatic carbocycles. The summed E-state index contributed by atoms with van der Waals surface area (Å²) in [6, 6.07) is 5.79. The molecule has 0 amide bonds. The van der Waals surface area contributed by atoms with Gasteiger partial charge >= 0.3 is 18.3 Å². The molecule has 1 aromatic rings. The van der Waals surface area contributed by atoms with Crippen LogP contribution in [0.25, 0.3) is 5.57 Å². The monoisotopic (exact) mass is 298 g/mol. The van der Waals surface area contributed by atoms with E-state index in [1.807, 2.05) is 0 Å². The number of benzene rings is 1. The Morgan fingerprint density at radius 3 is 1.80 bits per heavy atom. The first-order valence-corrected chi connectivity index (χ1v) is 5.17. The van der Waals surface area contributed by atoms with Gasteiger partial charge in [-0.05, 0) is 11.1 Å². The van der Waals surface area contributed by atoms with Crippen molar-refractivity contribution in [3.63, 3.8) is 0 Å². The van der Waals surface area contributed by atoms with Crippen LogP contribution in [0.3, 0.4) is 0 Å². The SMILES string of the molecule is O=C(O)C=C(c1ccccc1)C(C(F)(F)F)C(F)(F)F. The molecule has 1 aromatic carbocycles. The number of hydrogen-bond acceptors (Lipinski definition) is 1. The Morgan fingerprint density at radius 1 is 1.00 bits per heavy atom. The number of rotatable bonds is 3. The van der Waals surface area contributed by atoms with Crippen molar-refractivity contribution < 1.29 is 36.2 Å². The van der Waals surface area contributed by atoms with E-state index in [-0.39, 0.29) is 6.08 Å². The summed E-state index contributed by atoms with van der Waals surface area (Å²) in [5.74, 6) is -5.74. The van der Waals surface area contributed by atoms with E-state index in [0.29, 0.717) is 0 Å². The lowest BCUT2D eigenvalue weighted by Crippen LogP contribution is -2.37. The molecular weight excluding hydrogens is 290 g/mol. The maximum Gasteiger partial charge on any atom is 0.404 e. The first-order valence-electron chi connectivity index (χ1n) is 5.17. The number of alkyl halides is 6. The minimum absolute atomic E-state index is 0.0685. The van der Waals surface area contributed by atoms with Crippen molar-refractivity contribution >= 4 is 11.5 Å². The summed E-state index contributed by atoms with van der Waals surface area (Å²) in [5.41, 5.74) is -1.80. The van der Waals surface area contributed by atoms with Crippen molar-refractivity contribution in [2.45, 2.75) is 12.4 Å². The van der Waals surface area contributed by atoms with Crippen molar-refractivity contribution in [1.29, 1.82) is 0 Å². The first-order chi connectivity index (χ1) is 9.03. The standard InChI is InChI=1S/C12H8F6O2/c13-11(14,15)10(12(16,17)18)8(6-9(19)20)7-4-2-1-3-5-7/h1-6,10H,(H,19,20). The molecule has 0 spiro atoms. The molecule has 0 radical (unpaired) electrons. The fraction of sp³-hybridized carbons (Fsp3) is 0.250. The van der Waals surface area contributed by atoms with E-state index < -0.39 is 35.4 Å². The van der Waals surface area contributed by atoms with Gasteiger partial charge < -0.3 is 5.11 Å². The van der Waals surface area contributed by atoms with Gasteiger partial charge in [0.15, 0.2) is 5.92 Å². The maximum atomic E-state index is 12.6. The van der Waals surface area contributed by atoms with Gasteiger partial charge in [-0.25, -0.2) is 4.79 Å². The molecule has 110 valence electrons. The van der Waals surface area contributed by atoms with E-state index in [2.05, 4.69) is 0 Å². The third-order valence-electron chi connectivity index (χ3n) is 2.35. The number of allylic oxidation sites excluding steroid dienone is 1. The molecule has 20 heavy (non-hydrogen) atoms. The Kier molecular flexibility index (Phi) is 4.46. The topological polar surface area (TPSA) is 37.3 Å². The zero-order valence-corrected chi connectivity index (χ0v) is 9.66. The lowest BCUT2D eigenvalue weighted by atomic mass is 9.91. The third-order valence-corrected chi connectivity index (χ3v) is 2.35. The van der Waals surface area contributed by atoms with Crippen molar-refractivity contribution in [2.75, 3.05) is 0 Å². The van der Waals surface area contributed by atoms with E-state index in [0.717, 1.165) is 12.1 Å². The molecule has 0 unspecified atom stereocenters. The second kappa shape index (κ2) is 5.56. The summed E-state index contributed by atoms with van der Waals surface area (Å²) in [6.07, 6.45) is -11.4. The van der Waals surface area contributed by atoms with Crippen LogP contribution in [-0.2, 0) is 4.79 Å². The van der Waals surface area contributed by atoms with Gasteiger partial charge in [-0.1, -0.05) is 30.3 Å². The van der Waals surface area contributed by atoms with Crippen LogP contribution in [0.15, 0.2) is 36.4 Å². The van der Waals surface area contributed by atoms with E-state index in [1.54, 1.807) is 0 Å². The van der Waals surface area contributed by atoms with E-state index in [1.165, 1.54) is 18.2 Å². The molecule has 0 bridgehead atoms. The molecule has 0 aliphatic heterocycles. The molecule has 0 atom stereocenters. The molecule has 0 fully saturated rings. The molecule has 0 aliphatic rings. The van der Waals surface area contributed by atoms with Crippen LogP contribution in [0.2, 0.25) is 0 Å². The fourth-order valence-corrected chi connectivity index (χ4v) is 1.64. The zero-order valence-electron chi connectivity index (χ0n) is 9.66. The molecule has 0 saturated carbocycles. The molecular formula is C12H8F6O2. The van der Waals surface area contributed by atoms with Gasteiger partial charge in [0.2, 0.25) is 0 Å². The number of aliphatic carboxylic acids is 1. The molecule has 0 saturated heterocycles. The van der Waals surface area contributed by atoms with Gasteiger partial charge in [0.25, 0.3) is 0 Å². The molecule has 1 rings (SSSR count). The number of halogens is 6. The second-order valence-corrected chi connectivity index (χ2v) is 3.82. The van der Waals surface area contributed by atoms with Crippen LogP contribution in [0, 0.1) is 5.92 Å². The summed E-state index contributed by atoms with van der Waals surface area (Å²) in [7, 11) is 0. The summed E-state index contributed by atoms with van der Waals surface area (Å²) in [5, 5.41) is 8.51. The first kappa shape index (κ1) is 16.1. The largest absolute Gasteiger partial charge is 0.478 e. The van der Waals surface area contributed by atoms with Gasteiger partial charge in [-0.15, -0.1) is 0 Å². The van der Waals surface area contributed by atoms with Crippen molar-refractivity contribution in [3.05, 3.63) is 42.0 Å². The van der Waals surface area contributed by atoms with Gasteiger partial charge in [-0.3, -0.25) is 0 Å². The Balaban J connectivity index is 3.47. The van der Waals surface area contributed by atoms with Crippen molar-refractivity contribution in [1.82, 2.24) is 0 Å². The van der Waals surface area contributed by atoms with Crippen LogP contribution < -0.4 is 0 Å². The van der Waals surface area contributed by atoms with Crippen molar-refractivity contribution in [3.8, 4) is 0 Å². The highest BCUT2D eigenvalue weighted by Gasteiger charge is 2.58. The summed E-state index contributed by atoms with van der Waals surface area (Å²) < 4.78 is 75.9. The maximum absolute atomic E-state index is 12.6. The quantitative estimate of drug-likeness (QED) is 0.679. The highest BCUT2D eigenvalue weighted by Crippen LogP contribution is 2.46. The predicted molar refractivity (Wildman–Crippen MR) is 57.7 cm³/mol. The lowest BCUT2D eigenvalue weighted by molar-refractivity contribution is -0.263. The van der Waals surface area contributed by atoms with E-state index in [9.17, 15) is 31.1 Å². The van der Waals surface area contributed by atoms with Crippen LogP contribution in [0.1, 0.15) is 5.56 Å². The van der Waals surface area contributed by atoms with Crippen molar-refractivity contribution in [2.24, 2.45) is 5.92 Å². The smallest absolute Gasteiger partial charge is 0.404 e. The number of carbonyl (C=O) groups is 1. The van der Waals surface area contributed by atoms with Crippen LogP contribution in [0.5, 0.6) is 0 Å². The Hall–Kier alpha value is -1.99. The molecule has 0 heterocycles. The Labute approximate surface area is 109 Å². The van der Waals surface area contributed by atoms with Gasteiger partial charge in [0.1, 0.15) is 0 Å². The number of carboxylic acids is 1. The molecule has 0 aromatic heterocycles. The highest BCUT2D eigenvalue weighted by molar-refractivity contribution is 5.90. The normalized spacial score (nSPS) is 13.7. The van der Waals surface area contributed by atoms with E-state index in [4.69, 9.17) is 5.11 Å². The summed E-state index contributed by atoms with van der Waals surface area (Å²) in [4.78, 5) is 10.5.